The highest BCUT2D eigenvalue weighted by Crippen LogP contribution is 2.40. The van der Waals surface area contributed by atoms with Crippen LogP contribution in [-0.2, 0) is 23.0 Å². The van der Waals surface area contributed by atoms with Crippen molar-refractivity contribution >= 4 is 21.6 Å². The van der Waals surface area contributed by atoms with Crippen LogP contribution in [0, 0.1) is 0 Å². The Hall–Kier alpha value is -2.78. The summed E-state index contributed by atoms with van der Waals surface area (Å²) < 4.78 is 41.1. The lowest BCUT2D eigenvalue weighted by atomic mass is 10.0. The van der Waals surface area contributed by atoms with Gasteiger partial charge in [-0.3, -0.25) is 4.79 Å². The fourth-order valence-electron chi connectivity index (χ4n) is 3.37. The van der Waals surface area contributed by atoms with Crippen LogP contribution in [0.5, 0.6) is 17.2 Å². The normalized spacial score (nSPS) is 14.1. The number of nitrogens with zero attached hydrogens (tertiary/aromatic N) is 1. The quantitative estimate of drug-likeness (QED) is 0.771. The first-order valence-corrected chi connectivity index (χ1v) is 10.8. The number of fused-ring (bicyclic) bond motifs is 1. The van der Waals surface area contributed by atoms with E-state index < -0.39 is 10.0 Å². The molecule has 0 aliphatic carbocycles. The molecule has 0 atom stereocenters. The number of amides is 1. The molecular formula is C20H24N2O6S. The number of sulfonamides is 1. The van der Waals surface area contributed by atoms with Crippen molar-refractivity contribution in [2.75, 3.05) is 39.4 Å². The second-order valence-electron chi connectivity index (χ2n) is 6.67. The molecule has 3 rings (SSSR count). The number of hydrogen-bond donors (Lipinski definition) is 1. The highest BCUT2D eigenvalue weighted by Gasteiger charge is 2.24. The predicted molar refractivity (Wildman–Crippen MR) is 109 cm³/mol. The monoisotopic (exact) mass is 420 g/mol. The summed E-state index contributed by atoms with van der Waals surface area (Å²) in [6.07, 6.45) is 1.84. The number of carbonyl (C=O) groups is 1. The van der Waals surface area contributed by atoms with Crippen molar-refractivity contribution in [2.45, 2.75) is 13.0 Å². The summed E-state index contributed by atoms with van der Waals surface area (Å²) in [7, 11) is 1.16. The van der Waals surface area contributed by atoms with Crippen LogP contribution in [0.3, 0.4) is 0 Å². The fourth-order valence-corrected chi connectivity index (χ4v) is 4.17. The third kappa shape index (κ3) is 4.30. The molecule has 0 unspecified atom stereocenters. The smallest absolute Gasteiger partial charge is 0.259 e. The number of hydrogen-bond acceptors (Lipinski definition) is 6. The van der Waals surface area contributed by atoms with Gasteiger partial charge in [0.05, 0.1) is 33.1 Å². The van der Waals surface area contributed by atoms with Gasteiger partial charge in [0, 0.05) is 18.8 Å². The van der Waals surface area contributed by atoms with Crippen molar-refractivity contribution in [2.24, 2.45) is 0 Å². The summed E-state index contributed by atoms with van der Waals surface area (Å²) in [6.45, 7) is 0.748. The van der Waals surface area contributed by atoms with Crippen molar-refractivity contribution in [1.29, 1.82) is 0 Å². The highest BCUT2D eigenvalue weighted by atomic mass is 32.2. The Morgan fingerprint density at radius 1 is 1.00 bits per heavy atom. The average Bonchev–Trinajstić information content (AvgIpc) is 2.71. The third-order valence-electron chi connectivity index (χ3n) is 4.86. The van der Waals surface area contributed by atoms with Gasteiger partial charge in [-0.25, -0.2) is 8.42 Å². The van der Waals surface area contributed by atoms with Crippen molar-refractivity contribution < 1.29 is 27.4 Å². The van der Waals surface area contributed by atoms with Crippen LogP contribution in [0.15, 0.2) is 30.3 Å². The van der Waals surface area contributed by atoms with Gasteiger partial charge in [0.15, 0.2) is 11.5 Å². The molecule has 29 heavy (non-hydrogen) atoms. The molecule has 0 fully saturated rings. The van der Waals surface area contributed by atoms with Crippen molar-refractivity contribution in [3.63, 3.8) is 0 Å². The number of rotatable bonds is 6. The molecule has 0 aromatic heterocycles. The van der Waals surface area contributed by atoms with Gasteiger partial charge in [-0.1, -0.05) is 6.07 Å². The van der Waals surface area contributed by atoms with Gasteiger partial charge in [0.1, 0.15) is 0 Å². The van der Waals surface area contributed by atoms with E-state index >= 15 is 0 Å². The largest absolute Gasteiger partial charge is 0.493 e. The van der Waals surface area contributed by atoms with Crippen LogP contribution < -0.4 is 19.5 Å². The number of nitrogens with one attached hydrogen (secondary N) is 1. The van der Waals surface area contributed by atoms with Crippen LogP contribution in [0.1, 0.15) is 21.5 Å². The predicted octanol–water partition coefficient (Wildman–Crippen LogP) is 2.28. The Balaban J connectivity index is 1.87. The third-order valence-corrected chi connectivity index (χ3v) is 6.11. The second-order valence-corrected chi connectivity index (χ2v) is 8.65. The molecule has 9 heteroatoms. The number of ether oxygens (including phenoxy) is 3. The zero-order valence-corrected chi connectivity index (χ0v) is 17.6. The van der Waals surface area contributed by atoms with Crippen LogP contribution in [0.4, 0.5) is 5.69 Å². The molecule has 0 saturated heterocycles. The molecule has 0 bridgehead atoms. The Morgan fingerprint density at radius 2 is 1.72 bits per heavy atom. The van der Waals surface area contributed by atoms with E-state index in [-0.39, 0.29) is 18.2 Å². The zero-order chi connectivity index (χ0) is 21.2. The van der Waals surface area contributed by atoms with E-state index in [1.165, 1.54) is 31.9 Å². The number of benzene rings is 2. The van der Waals surface area contributed by atoms with Crippen molar-refractivity contribution in [3.8, 4) is 17.2 Å². The van der Waals surface area contributed by atoms with Crippen LogP contribution in [0.25, 0.3) is 0 Å². The summed E-state index contributed by atoms with van der Waals surface area (Å²) in [4.78, 5) is 12.9. The average molecular weight is 420 g/mol. The Morgan fingerprint density at radius 3 is 2.34 bits per heavy atom. The molecular weight excluding hydrogens is 396 g/mol. The summed E-state index contributed by atoms with van der Waals surface area (Å²) in [5.41, 5.74) is 2.81. The second kappa shape index (κ2) is 8.30. The molecule has 1 heterocycles. The lowest BCUT2D eigenvalue weighted by molar-refractivity contribution is 0.102. The lowest BCUT2D eigenvalue weighted by Crippen LogP contribution is -2.35. The Kier molecular flexibility index (Phi) is 5.99. The maximum absolute atomic E-state index is 12.9. The number of anilines is 1. The standard InChI is InChI=1S/C20H24N2O6S/c1-26-17-8-7-16(18(27-2)19(17)28-3)20(23)21-15-6-5-13-9-10-22(29(4,24)25)12-14(13)11-15/h5-8,11H,9-10,12H2,1-4H3,(H,21,23). The minimum Gasteiger partial charge on any atom is -0.493 e. The summed E-state index contributed by atoms with van der Waals surface area (Å²) in [5, 5.41) is 2.84. The summed E-state index contributed by atoms with van der Waals surface area (Å²) in [6, 6.07) is 8.75. The van der Waals surface area contributed by atoms with Gasteiger partial charge in [0.2, 0.25) is 15.8 Å². The topological polar surface area (TPSA) is 94.2 Å². The van der Waals surface area contributed by atoms with Crippen LogP contribution >= 0.6 is 0 Å². The molecule has 1 amide bonds. The van der Waals surface area contributed by atoms with Crippen molar-refractivity contribution in [3.05, 3.63) is 47.0 Å². The van der Waals surface area contributed by atoms with E-state index in [9.17, 15) is 13.2 Å². The van der Waals surface area contributed by atoms with Crippen LogP contribution in [0.2, 0.25) is 0 Å². The Bertz CT molecular complexity index is 1040. The van der Waals surface area contributed by atoms with E-state index in [0.29, 0.717) is 35.7 Å². The SMILES string of the molecule is COc1ccc(C(=O)Nc2ccc3c(c2)CN(S(C)(=O)=O)CC3)c(OC)c1OC. The van der Waals surface area contributed by atoms with Crippen molar-refractivity contribution in [1.82, 2.24) is 4.31 Å². The summed E-state index contributed by atoms with van der Waals surface area (Å²) >= 11 is 0. The molecule has 1 N–H and O–H groups in total. The minimum atomic E-state index is -3.27. The summed E-state index contributed by atoms with van der Waals surface area (Å²) in [5.74, 6) is 0.677. The fraction of sp³-hybridized carbons (Fsp3) is 0.350. The van der Waals surface area contributed by atoms with E-state index in [2.05, 4.69) is 5.32 Å². The van der Waals surface area contributed by atoms with E-state index in [1.54, 1.807) is 24.3 Å². The zero-order valence-electron chi connectivity index (χ0n) is 16.8. The maximum atomic E-state index is 12.9. The molecule has 2 aromatic carbocycles. The molecule has 156 valence electrons. The molecule has 1 aliphatic heterocycles. The van der Waals surface area contributed by atoms with E-state index in [1.807, 2.05) is 6.07 Å². The van der Waals surface area contributed by atoms with Gasteiger partial charge in [-0.05, 0) is 41.8 Å². The van der Waals surface area contributed by atoms with Crippen LogP contribution in [-0.4, -0.2) is 52.8 Å². The maximum Gasteiger partial charge on any atom is 0.259 e. The molecule has 0 radical (unpaired) electrons. The van der Waals surface area contributed by atoms with Gasteiger partial charge in [-0.2, -0.15) is 4.31 Å². The first-order chi connectivity index (χ1) is 13.8. The molecule has 8 nitrogen and oxygen atoms in total. The first kappa shape index (κ1) is 20.9. The number of methoxy groups -OCH3 is 3. The molecule has 0 spiro atoms. The number of carbonyl (C=O) groups excluding carboxylic acids is 1. The molecule has 1 aliphatic rings. The minimum absolute atomic E-state index is 0.269. The van der Waals surface area contributed by atoms with Gasteiger partial charge >= 0.3 is 0 Å². The highest BCUT2D eigenvalue weighted by molar-refractivity contribution is 7.88. The van der Waals surface area contributed by atoms with E-state index in [4.69, 9.17) is 14.2 Å². The molecule has 0 saturated carbocycles. The van der Waals surface area contributed by atoms with Gasteiger partial charge in [-0.15, -0.1) is 0 Å². The lowest BCUT2D eigenvalue weighted by Gasteiger charge is -2.27. The first-order valence-electron chi connectivity index (χ1n) is 8.95. The molecule has 2 aromatic rings. The van der Waals surface area contributed by atoms with E-state index in [0.717, 1.165) is 11.1 Å². The Labute approximate surface area is 170 Å². The van der Waals surface area contributed by atoms with Gasteiger partial charge in [0.25, 0.3) is 5.91 Å². The van der Waals surface area contributed by atoms with Gasteiger partial charge < -0.3 is 19.5 Å².